The molecule has 0 saturated carbocycles. The van der Waals surface area contributed by atoms with E-state index in [0.717, 1.165) is 17.9 Å². The van der Waals surface area contributed by atoms with E-state index in [1.54, 1.807) is 0 Å². The minimum absolute atomic E-state index is 0. The number of carbonyl (C=O) groups is 1. The quantitative estimate of drug-likeness (QED) is 0.844. The number of benzene rings is 1. The summed E-state index contributed by atoms with van der Waals surface area (Å²) in [5.41, 5.74) is 1.05. The number of amides is 1. The Labute approximate surface area is 153 Å². The van der Waals surface area contributed by atoms with Gasteiger partial charge in [0.1, 0.15) is 6.04 Å². The topological polar surface area (TPSA) is 59.6 Å². The van der Waals surface area contributed by atoms with E-state index in [2.05, 4.69) is 16.7 Å². The number of morpholine rings is 1. The SMILES string of the molecule is Cl.O=C(NCC1(c2cccc(Cl)c2)CCOCC1)C1COCCN1. The highest BCUT2D eigenvalue weighted by molar-refractivity contribution is 6.30. The van der Waals surface area contributed by atoms with Gasteiger partial charge in [0.05, 0.1) is 13.2 Å². The molecule has 2 heterocycles. The van der Waals surface area contributed by atoms with E-state index < -0.39 is 0 Å². The summed E-state index contributed by atoms with van der Waals surface area (Å²) in [6.07, 6.45) is 1.75. The van der Waals surface area contributed by atoms with Crippen molar-refractivity contribution < 1.29 is 14.3 Å². The van der Waals surface area contributed by atoms with Crippen molar-refractivity contribution >= 4 is 29.9 Å². The summed E-state index contributed by atoms with van der Waals surface area (Å²) < 4.78 is 10.9. The number of nitrogens with one attached hydrogen (secondary N) is 2. The number of rotatable bonds is 4. The molecule has 0 bridgehead atoms. The van der Waals surface area contributed by atoms with Crippen LogP contribution in [0.3, 0.4) is 0 Å². The molecule has 2 N–H and O–H groups in total. The first kappa shape index (κ1) is 19.5. The average molecular weight is 375 g/mol. The maximum atomic E-state index is 12.4. The van der Waals surface area contributed by atoms with Crippen LogP contribution >= 0.6 is 24.0 Å². The van der Waals surface area contributed by atoms with Crippen molar-refractivity contribution in [2.24, 2.45) is 0 Å². The van der Waals surface area contributed by atoms with Gasteiger partial charge in [-0.3, -0.25) is 4.79 Å². The Morgan fingerprint density at radius 1 is 1.29 bits per heavy atom. The lowest BCUT2D eigenvalue weighted by molar-refractivity contribution is -0.126. The standard InChI is InChI=1S/C17H23ClN2O3.ClH/c18-14-3-1-2-13(10-14)17(4-7-22-8-5-17)12-20-16(21)15-11-23-9-6-19-15;/h1-3,10,15,19H,4-9,11-12H2,(H,20,21);1H. The second kappa shape index (κ2) is 9.02. The lowest BCUT2D eigenvalue weighted by atomic mass is 9.74. The van der Waals surface area contributed by atoms with Gasteiger partial charge in [0.2, 0.25) is 5.91 Å². The summed E-state index contributed by atoms with van der Waals surface area (Å²) in [6.45, 7) is 3.80. The van der Waals surface area contributed by atoms with Crippen molar-refractivity contribution in [1.82, 2.24) is 10.6 Å². The largest absolute Gasteiger partial charge is 0.381 e. The van der Waals surface area contributed by atoms with E-state index >= 15 is 0 Å². The van der Waals surface area contributed by atoms with Crippen LogP contribution in [0.25, 0.3) is 0 Å². The lowest BCUT2D eigenvalue weighted by Gasteiger charge is -2.38. The summed E-state index contributed by atoms with van der Waals surface area (Å²) in [6, 6.07) is 7.67. The Balaban J connectivity index is 0.00000208. The third kappa shape index (κ3) is 4.61. The second-order valence-corrected chi connectivity index (χ2v) is 6.64. The van der Waals surface area contributed by atoms with Gasteiger partial charge in [0.15, 0.2) is 0 Å². The predicted molar refractivity (Wildman–Crippen MR) is 96.1 cm³/mol. The highest BCUT2D eigenvalue weighted by Gasteiger charge is 2.35. The Morgan fingerprint density at radius 3 is 2.75 bits per heavy atom. The molecule has 3 rings (SSSR count). The maximum Gasteiger partial charge on any atom is 0.239 e. The smallest absolute Gasteiger partial charge is 0.239 e. The first-order valence-electron chi connectivity index (χ1n) is 8.12. The van der Waals surface area contributed by atoms with Crippen LogP contribution < -0.4 is 10.6 Å². The molecule has 0 aromatic heterocycles. The molecule has 134 valence electrons. The summed E-state index contributed by atoms with van der Waals surface area (Å²) in [4.78, 5) is 12.4. The van der Waals surface area contributed by atoms with E-state index in [0.29, 0.717) is 39.5 Å². The van der Waals surface area contributed by atoms with Gasteiger partial charge in [-0.05, 0) is 30.5 Å². The van der Waals surface area contributed by atoms with Gasteiger partial charge >= 0.3 is 0 Å². The number of hydrogen-bond acceptors (Lipinski definition) is 4. The van der Waals surface area contributed by atoms with Crippen molar-refractivity contribution in [3.8, 4) is 0 Å². The summed E-state index contributed by atoms with van der Waals surface area (Å²) in [5, 5.41) is 7.01. The molecule has 1 amide bonds. The molecule has 5 nitrogen and oxygen atoms in total. The van der Waals surface area contributed by atoms with Crippen LogP contribution in [0.1, 0.15) is 18.4 Å². The third-order valence-electron chi connectivity index (χ3n) is 4.73. The van der Waals surface area contributed by atoms with E-state index in [4.69, 9.17) is 21.1 Å². The minimum atomic E-state index is -0.264. The molecule has 0 aliphatic carbocycles. The highest BCUT2D eigenvalue weighted by atomic mass is 35.5. The molecule has 2 aliphatic heterocycles. The van der Waals surface area contributed by atoms with Crippen molar-refractivity contribution in [2.75, 3.05) is 39.5 Å². The molecule has 1 atom stereocenters. The van der Waals surface area contributed by atoms with Crippen molar-refractivity contribution in [3.05, 3.63) is 34.9 Å². The van der Waals surface area contributed by atoms with E-state index in [-0.39, 0.29) is 29.8 Å². The highest BCUT2D eigenvalue weighted by Crippen LogP contribution is 2.35. The number of halogens is 2. The molecule has 7 heteroatoms. The average Bonchev–Trinajstić information content (AvgIpc) is 2.61. The Kier molecular flexibility index (Phi) is 7.32. The molecule has 2 fully saturated rings. The van der Waals surface area contributed by atoms with Gasteiger partial charge in [0, 0.05) is 36.7 Å². The van der Waals surface area contributed by atoms with Gasteiger partial charge in [-0.15, -0.1) is 12.4 Å². The molecular formula is C17H24Cl2N2O3. The lowest BCUT2D eigenvalue weighted by Crippen LogP contribution is -2.54. The zero-order chi connectivity index (χ0) is 16.1. The fourth-order valence-electron chi connectivity index (χ4n) is 3.26. The van der Waals surface area contributed by atoms with Gasteiger partial charge < -0.3 is 20.1 Å². The first-order chi connectivity index (χ1) is 11.2. The van der Waals surface area contributed by atoms with Crippen LogP contribution in [-0.4, -0.2) is 51.5 Å². The van der Waals surface area contributed by atoms with Crippen molar-refractivity contribution in [3.63, 3.8) is 0 Å². The van der Waals surface area contributed by atoms with Crippen LogP contribution in [0.2, 0.25) is 5.02 Å². The normalized spacial score (nSPS) is 23.1. The second-order valence-electron chi connectivity index (χ2n) is 6.20. The molecule has 2 saturated heterocycles. The fourth-order valence-corrected chi connectivity index (χ4v) is 3.45. The molecule has 24 heavy (non-hydrogen) atoms. The van der Waals surface area contributed by atoms with Crippen LogP contribution in [0.5, 0.6) is 0 Å². The molecular weight excluding hydrogens is 351 g/mol. The number of hydrogen-bond donors (Lipinski definition) is 2. The van der Waals surface area contributed by atoms with Crippen LogP contribution in [0.4, 0.5) is 0 Å². The van der Waals surface area contributed by atoms with E-state index in [9.17, 15) is 4.79 Å². The Morgan fingerprint density at radius 2 is 2.08 bits per heavy atom. The molecule has 0 radical (unpaired) electrons. The minimum Gasteiger partial charge on any atom is -0.381 e. The van der Waals surface area contributed by atoms with E-state index in [1.165, 1.54) is 5.56 Å². The molecule has 0 spiro atoms. The maximum absolute atomic E-state index is 12.4. The number of ether oxygens (including phenoxy) is 2. The molecule has 1 aromatic rings. The van der Waals surface area contributed by atoms with Crippen LogP contribution in [-0.2, 0) is 19.7 Å². The third-order valence-corrected chi connectivity index (χ3v) is 4.96. The first-order valence-corrected chi connectivity index (χ1v) is 8.50. The number of carbonyl (C=O) groups excluding carboxylic acids is 1. The van der Waals surface area contributed by atoms with Crippen molar-refractivity contribution in [1.29, 1.82) is 0 Å². The van der Waals surface area contributed by atoms with Crippen LogP contribution in [0.15, 0.2) is 24.3 Å². The molecule has 1 unspecified atom stereocenters. The van der Waals surface area contributed by atoms with Gasteiger partial charge in [-0.25, -0.2) is 0 Å². The van der Waals surface area contributed by atoms with Gasteiger partial charge in [-0.2, -0.15) is 0 Å². The molecule has 2 aliphatic rings. The summed E-state index contributed by atoms with van der Waals surface area (Å²) >= 11 is 6.17. The Bertz CT molecular complexity index is 544. The van der Waals surface area contributed by atoms with Crippen LogP contribution in [0, 0.1) is 0 Å². The van der Waals surface area contributed by atoms with Crippen molar-refractivity contribution in [2.45, 2.75) is 24.3 Å². The molecule has 1 aromatic carbocycles. The zero-order valence-electron chi connectivity index (χ0n) is 13.6. The van der Waals surface area contributed by atoms with E-state index in [1.807, 2.05) is 18.2 Å². The predicted octanol–water partition coefficient (Wildman–Crippen LogP) is 1.91. The van der Waals surface area contributed by atoms with Gasteiger partial charge in [-0.1, -0.05) is 23.7 Å². The summed E-state index contributed by atoms with van der Waals surface area (Å²) in [5.74, 6) is -0.00223. The van der Waals surface area contributed by atoms with Gasteiger partial charge in [0.25, 0.3) is 0 Å². The fraction of sp³-hybridized carbons (Fsp3) is 0.588. The summed E-state index contributed by atoms with van der Waals surface area (Å²) in [7, 11) is 0. The zero-order valence-corrected chi connectivity index (χ0v) is 15.1. The monoisotopic (exact) mass is 374 g/mol. The Hall–Kier alpha value is -0.850.